The maximum atomic E-state index is 5.46. The van der Waals surface area contributed by atoms with Crippen molar-refractivity contribution in [2.45, 2.75) is 11.8 Å². The molecule has 0 bridgehead atoms. The second-order valence-electron chi connectivity index (χ2n) is 4.92. The number of ether oxygens (including phenoxy) is 1. The Bertz CT molecular complexity index is 542. The van der Waals surface area contributed by atoms with Crippen molar-refractivity contribution in [3.8, 4) is 0 Å². The fraction of sp³-hybridized carbons (Fsp3) is 0.429. The van der Waals surface area contributed by atoms with Crippen molar-refractivity contribution in [3.05, 3.63) is 36.0 Å². The summed E-state index contributed by atoms with van der Waals surface area (Å²) in [6.45, 7) is 1.67. The predicted octanol–water partition coefficient (Wildman–Crippen LogP) is 2.77. The van der Waals surface area contributed by atoms with Crippen molar-refractivity contribution in [1.29, 1.82) is 0 Å². The van der Waals surface area contributed by atoms with Gasteiger partial charge in [-0.3, -0.25) is 0 Å². The number of fused-ring (bicyclic) bond motifs is 1. The van der Waals surface area contributed by atoms with Crippen molar-refractivity contribution < 1.29 is 4.74 Å². The Morgan fingerprint density at radius 2 is 2.12 bits per heavy atom. The monoisotopic (exact) mass is 247 g/mol. The van der Waals surface area contributed by atoms with Gasteiger partial charge in [-0.1, -0.05) is 18.2 Å². The van der Waals surface area contributed by atoms with Gasteiger partial charge in [0.2, 0.25) is 0 Å². The third kappa shape index (κ3) is 1.60. The van der Waals surface area contributed by atoms with Gasteiger partial charge >= 0.3 is 0 Å². The number of para-hydroxylation sites is 1. The molecule has 90 valence electrons. The van der Waals surface area contributed by atoms with E-state index in [1.807, 2.05) is 0 Å². The van der Waals surface area contributed by atoms with E-state index in [-0.39, 0.29) is 5.41 Å². The largest absolute Gasteiger partial charge is 0.379 e. The summed E-state index contributed by atoms with van der Waals surface area (Å²) in [4.78, 5) is 0. The third-order valence-corrected chi connectivity index (χ3v) is 4.04. The normalized spacial score (nSPS) is 18.2. The van der Waals surface area contributed by atoms with Crippen LogP contribution in [0.2, 0.25) is 0 Å². The number of hydrogen-bond donors (Lipinski definition) is 1. The topological polar surface area (TPSA) is 14.2 Å². The van der Waals surface area contributed by atoms with Gasteiger partial charge in [0.1, 0.15) is 0 Å². The number of hydrogen-bond acceptors (Lipinski definition) is 2. The number of benzene rings is 1. The molecule has 17 heavy (non-hydrogen) atoms. The Balaban J connectivity index is 2.16. The van der Waals surface area contributed by atoms with Crippen LogP contribution in [0.25, 0.3) is 10.9 Å². The smallest absolute Gasteiger partial charge is 0.0586 e. The van der Waals surface area contributed by atoms with Crippen LogP contribution in [-0.4, -0.2) is 23.5 Å². The first kappa shape index (κ1) is 11.2. The molecule has 1 aromatic heterocycles. The number of aryl methyl sites for hydroxylation is 1. The van der Waals surface area contributed by atoms with Crippen molar-refractivity contribution in [2.24, 2.45) is 7.05 Å². The molecule has 3 heteroatoms. The van der Waals surface area contributed by atoms with Gasteiger partial charge in [-0.05, 0) is 23.8 Å². The lowest BCUT2D eigenvalue weighted by Crippen LogP contribution is -2.47. The summed E-state index contributed by atoms with van der Waals surface area (Å²) >= 11 is 4.39. The minimum atomic E-state index is 0.197. The molecule has 1 fully saturated rings. The molecule has 0 N–H and O–H groups in total. The summed E-state index contributed by atoms with van der Waals surface area (Å²) < 4.78 is 7.67. The number of nitrogens with zero attached hydrogens (tertiary/aromatic N) is 1. The fourth-order valence-electron chi connectivity index (χ4n) is 2.76. The molecule has 2 heterocycles. The van der Waals surface area contributed by atoms with E-state index in [0.29, 0.717) is 0 Å². The Morgan fingerprint density at radius 3 is 2.76 bits per heavy atom. The lowest BCUT2D eigenvalue weighted by Gasteiger charge is -2.41. The van der Waals surface area contributed by atoms with Crippen LogP contribution in [0.5, 0.6) is 0 Å². The van der Waals surface area contributed by atoms with Crippen LogP contribution in [0.1, 0.15) is 12.0 Å². The fourth-order valence-corrected chi connectivity index (χ4v) is 3.19. The maximum absolute atomic E-state index is 5.46. The minimum absolute atomic E-state index is 0.197. The van der Waals surface area contributed by atoms with Gasteiger partial charge in [0.15, 0.2) is 0 Å². The van der Waals surface area contributed by atoms with Crippen molar-refractivity contribution >= 4 is 23.5 Å². The Hall–Kier alpha value is -0.930. The number of aromatic nitrogens is 1. The molecule has 1 aliphatic heterocycles. The van der Waals surface area contributed by atoms with E-state index < -0.39 is 0 Å². The van der Waals surface area contributed by atoms with E-state index in [2.05, 4.69) is 54.7 Å². The van der Waals surface area contributed by atoms with Crippen LogP contribution in [0.3, 0.4) is 0 Å². The first-order chi connectivity index (χ1) is 8.27. The molecule has 0 spiro atoms. The summed E-state index contributed by atoms with van der Waals surface area (Å²) in [6.07, 6.45) is 3.35. The molecule has 1 aliphatic rings. The second kappa shape index (κ2) is 4.07. The van der Waals surface area contributed by atoms with Crippen LogP contribution in [0, 0.1) is 0 Å². The lowest BCUT2D eigenvalue weighted by molar-refractivity contribution is -0.0606. The first-order valence-electron chi connectivity index (χ1n) is 6.00. The highest BCUT2D eigenvalue weighted by atomic mass is 32.1. The van der Waals surface area contributed by atoms with E-state index in [9.17, 15) is 0 Å². The summed E-state index contributed by atoms with van der Waals surface area (Å²) in [5.41, 5.74) is 2.92. The molecular weight excluding hydrogens is 230 g/mol. The van der Waals surface area contributed by atoms with Crippen molar-refractivity contribution in [3.63, 3.8) is 0 Å². The quantitative estimate of drug-likeness (QED) is 0.824. The standard InChI is InChI=1S/C14H17NOS/c1-15-8-12(11-4-2-3-5-13(11)15)14(6-7-17)9-16-10-14/h2-5,8,17H,6-7,9-10H2,1H3. The summed E-state index contributed by atoms with van der Waals surface area (Å²) in [5.74, 6) is 0.909. The highest BCUT2D eigenvalue weighted by Crippen LogP contribution is 2.40. The van der Waals surface area contributed by atoms with Crippen LogP contribution in [0.15, 0.2) is 30.5 Å². The average molecular weight is 247 g/mol. The van der Waals surface area contributed by atoms with Gasteiger partial charge in [-0.2, -0.15) is 12.6 Å². The zero-order chi connectivity index (χ0) is 11.9. The molecule has 0 radical (unpaired) electrons. The van der Waals surface area contributed by atoms with Crippen molar-refractivity contribution in [2.75, 3.05) is 19.0 Å². The zero-order valence-corrected chi connectivity index (χ0v) is 10.9. The molecule has 0 saturated carbocycles. The second-order valence-corrected chi connectivity index (χ2v) is 5.36. The Labute approximate surface area is 107 Å². The van der Waals surface area contributed by atoms with Gasteiger partial charge < -0.3 is 9.30 Å². The van der Waals surface area contributed by atoms with E-state index in [1.54, 1.807) is 0 Å². The highest BCUT2D eigenvalue weighted by Gasteiger charge is 2.41. The molecule has 2 nitrogen and oxygen atoms in total. The molecule has 0 atom stereocenters. The minimum Gasteiger partial charge on any atom is -0.379 e. The summed E-state index contributed by atoms with van der Waals surface area (Å²) in [6, 6.07) is 8.59. The van der Waals surface area contributed by atoms with Crippen molar-refractivity contribution in [1.82, 2.24) is 4.57 Å². The summed E-state index contributed by atoms with van der Waals surface area (Å²) in [7, 11) is 2.11. The van der Waals surface area contributed by atoms with Gasteiger partial charge in [0.25, 0.3) is 0 Å². The predicted molar refractivity (Wildman–Crippen MR) is 73.9 cm³/mol. The number of rotatable bonds is 3. The lowest BCUT2D eigenvalue weighted by atomic mass is 9.76. The molecular formula is C14H17NOS. The third-order valence-electron chi connectivity index (χ3n) is 3.82. The van der Waals surface area contributed by atoms with Crippen LogP contribution < -0.4 is 0 Å². The van der Waals surface area contributed by atoms with Gasteiger partial charge in [0.05, 0.1) is 13.2 Å². The van der Waals surface area contributed by atoms with Crippen LogP contribution in [-0.2, 0) is 17.2 Å². The maximum Gasteiger partial charge on any atom is 0.0586 e. The molecule has 3 rings (SSSR count). The molecule has 0 unspecified atom stereocenters. The molecule has 0 amide bonds. The number of thiol groups is 1. The van der Waals surface area contributed by atoms with E-state index >= 15 is 0 Å². The molecule has 0 aliphatic carbocycles. The van der Waals surface area contributed by atoms with Gasteiger partial charge in [0, 0.05) is 29.6 Å². The van der Waals surface area contributed by atoms with Crippen LogP contribution >= 0.6 is 12.6 Å². The SMILES string of the molecule is Cn1cc(C2(CCS)COC2)c2ccccc21. The zero-order valence-electron chi connectivity index (χ0n) is 10.0. The van der Waals surface area contributed by atoms with E-state index in [4.69, 9.17) is 4.74 Å². The summed E-state index contributed by atoms with van der Waals surface area (Å²) in [5, 5.41) is 1.36. The molecule has 1 aromatic carbocycles. The Kier molecular flexibility index (Phi) is 2.68. The van der Waals surface area contributed by atoms with E-state index in [0.717, 1.165) is 25.4 Å². The van der Waals surface area contributed by atoms with Gasteiger partial charge in [-0.25, -0.2) is 0 Å². The first-order valence-corrected chi connectivity index (χ1v) is 6.63. The Morgan fingerprint density at radius 1 is 1.35 bits per heavy atom. The molecule has 1 saturated heterocycles. The average Bonchev–Trinajstić information content (AvgIpc) is 2.63. The molecule has 2 aromatic rings. The van der Waals surface area contributed by atoms with Gasteiger partial charge in [-0.15, -0.1) is 0 Å². The van der Waals surface area contributed by atoms with Crippen LogP contribution in [0.4, 0.5) is 0 Å². The highest BCUT2D eigenvalue weighted by molar-refractivity contribution is 7.80. The van der Waals surface area contributed by atoms with E-state index in [1.165, 1.54) is 16.5 Å².